The monoisotopic (exact) mass is 166 g/mol. The fraction of sp³-hybridized carbons (Fsp3) is 0.250. The molecular weight excluding hydrogens is 152 g/mol. The van der Waals surface area contributed by atoms with Gasteiger partial charge < -0.3 is 16.1 Å². The van der Waals surface area contributed by atoms with E-state index in [2.05, 4.69) is 5.32 Å². The maximum Gasteiger partial charge on any atom is 0.0763 e. The number of rotatable bonds is 2. The van der Waals surface area contributed by atoms with Gasteiger partial charge in [0.05, 0.1) is 11.4 Å². The van der Waals surface area contributed by atoms with E-state index in [0.717, 1.165) is 11.4 Å². The predicted octanol–water partition coefficient (Wildman–Crippen LogP) is 0.620. The van der Waals surface area contributed by atoms with Gasteiger partial charge in [0.25, 0.3) is 0 Å². The summed E-state index contributed by atoms with van der Waals surface area (Å²) >= 11 is 0. The molecule has 0 radical (unpaired) electrons. The van der Waals surface area contributed by atoms with Crippen LogP contribution in [0.3, 0.4) is 0 Å². The number of hydrogen-bond acceptors (Lipinski definition) is 4. The first-order valence-electron chi connectivity index (χ1n) is 3.71. The lowest BCUT2D eigenvalue weighted by molar-refractivity contribution is 1.02. The second-order valence-electron chi connectivity index (χ2n) is 2.63. The van der Waals surface area contributed by atoms with Crippen LogP contribution in [0.1, 0.15) is 0 Å². The van der Waals surface area contributed by atoms with Gasteiger partial charge in [-0.3, -0.25) is 0 Å². The topological polar surface area (TPSA) is 67.3 Å². The third-order valence-electron chi connectivity index (χ3n) is 1.70. The lowest BCUT2D eigenvalue weighted by Gasteiger charge is -2.15. The summed E-state index contributed by atoms with van der Waals surface area (Å²) in [6, 6.07) is 5.63. The van der Waals surface area contributed by atoms with E-state index in [-0.39, 0.29) is 0 Å². The van der Waals surface area contributed by atoms with Crippen molar-refractivity contribution in [1.29, 1.82) is 0 Å². The number of hydrogen-bond donors (Lipinski definition) is 3. The van der Waals surface area contributed by atoms with Crippen LogP contribution in [-0.2, 0) is 0 Å². The summed E-state index contributed by atoms with van der Waals surface area (Å²) in [4.78, 5) is 0. The van der Waals surface area contributed by atoms with E-state index in [0.29, 0.717) is 5.69 Å². The number of hydrazine groups is 1. The Kier molecular flexibility index (Phi) is 2.40. The maximum absolute atomic E-state index is 5.70. The summed E-state index contributed by atoms with van der Waals surface area (Å²) in [5, 5.41) is 4.51. The molecule has 0 aromatic heterocycles. The zero-order valence-corrected chi connectivity index (χ0v) is 7.33. The van der Waals surface area contributed by atoms with Crippen LogP contribution in [0.4, 0.5) is 17.1 Å². The first kappa shape index (κ1) is 8.67. The van der Waals surface area contributed by atoms with Crippen molar-refractivity contribution >= 4 is 17.1 Å². The summed E-state index contributed by atoms with van der Waals surface area (Å²) in [6.07, 6.45) is 0. The second kappa shape index (κ2) is 3.32. The van der Waals surface area contributed by atoms with Gasteiger partial charge in [0.2, 0.25) is 0 Å². The van der Waals surface area contributed by atoms with Gasteiger partial charge in [-0.05, 0) is 18.2 Å². The first-order chi connectivity index (χ1) is 5.65. The van der Waals surface area contributed by atoms with Crippen molar-refractivity contribution in [3.63, 3.8) is 0 Å². The van der Waals surface area contributed by atoms with E-state index < -0.39 is 0 Å². The summed E-state index contributed by atoms with van der Waals surface area (Å²) < 4.78 is 0. The number of nitrogens with one attached hydrogen (secondary N) is 1. The fourth-order valence-corrected chi connectivity index (χ4v) is 1.00. The van der Waals surface area contributed by atoms with Gasteiger partial charge in [0, 0.05) is 19.8 Å². The van der Waals surface area contributed by atoms with Crippen molar-refractivity contribution in [1.82, 2.24) is 0 Å². The molecule has 0 spiro atoms. The summed E-state index contributed by atoms with van der Waals surface area (Å²) in [5.74, 6) is 5.56. The molecule has 0 aliphatic heterocycles. The Labute approximate surface area is 72.1 Å². The van der Waals surface area contributed by atoms with Gasteiger partial charge in [0.15, 0.2) is 0 Å². The molecule has 0 fully saturated rings. The van der Waals surface area contributed by atoms with Crippen molar-refractivity contribution < 1.29 is 0 Å². The number of nitrogens with zero attached hydrogens (tertiary/aromatic N) is 1. The third kappa shape index (κ3) is 1.60. The lowest BCUT2D eigenvalue weighted by atomic mass is 10.2. The van der Waals surface area contributed by atoms with Crippen LogP contribution in [0.5, 0.6) is 0 Å². The standard InChI is InChI=1S/C8H14N4/c1-11-6-3-4-7(9)8(5-6)12(2)10/h3-5,11H,9-10H2,1-2H3. The highest BCUT2D eigenvalue weighted by Crippen LogP contribution is 2.23. The first-order valence-corrected chi connectivity index (χ1v) is 3.71. The molecule has 0 saturated heterocycles. The van der Waals surface area contributed by atoms with Crippen LogP contribution < -0.4 is 21.9 Å². The third-order valence-corrected chi connectivity index (χ3v) is 1.70. The Morgan fingerprint density at radius 2 is 2.08 bits per heavy atom. The van der Waals surface area contributed by atoms with Crippen molar-refractivity contribution in [2.75, 3.05) is 30.2 Å². The highest BCUT2D eigenvalue weighted by atomic mass is 15.4. The van der Waals surface area contributed by atoms with Gasteiger partial charge in [-0.25, -0.2) is 5.84 Å². The normalized spacial score (nSPS) is 9.58. The van der Waals surface area contributed by atoms with Crippen LogP contribution >= 0.6 is 0 Å². The number of nitrogens with two attached hydrogens (primary N) is 2. The van der Waals surface area contributed by atoms with E-state index in [4.69, 9.17) is 11.6 Å². The second-order valence-corrected chi connectivity index (χ2v) is 2.63. The zero-order chi connectivity index (χ0) is 9.14. The Morgan fingerprint density at radius 3 is 2.58 bits per heavy atom. The molecular formula is C8H14N4. The number of nitrogen functional groups attached to an aromatic ring is 1. The quantitative estimate of drug-likeness (QED) is 0.342. The van der Waals surface area contributed by atoms with Gasteiger partial charge in [0.1, 0.15) is 0 Å². The molecule has 0 heterocycles. The highest BCUT2D eigenvalue weighted by Gasteiger charge is 2.01. The molecule has 0 atom stereocenters. The molecule has 1 aromatic carbocycles. The van der Waals surface area contributed by atoms with Crippen LogP contribution in [-0.4, -0.2) is 14.1 Å². The largest absolute Gasteiger partial charge is 0.397 e. The van der Waals surface area contributed by atoms with Gasteiger partial charge in [-0.1, -0.05) is 0 Å². The van der Waals surface area contributed by atoms with E-state index >= 15 is 0 Å². The molecule has 0 bridgehead atoms. The van der Waals surface area contributed by atoms with Crippen molar-refractivity contribution in [3.05, 3.63) is 18.2 Å². The molecule has 12 heavy (non-hydrogen) atoms. The molecule has 1 aromatic rings. The Morgan fingerprint density at radius 1 is 1.42 bits per heavy atom. The molecule has 1 rings (SSSR count). The number of anilines is 3. The van der Waals surface area contributed by atoms with Crippen LogP contribution in [0.25, 0.3) is 0 Å². The summed E-state index contributed by atoms with van der Waals surface area (Å²) in [6.45, 7) is 0. The molecule has 5 N–H and O–H groups in total. The summed E-state index contributed by atoms with van der Waals surface area (Å²) in [7, 11) is 3.61. The molecule has 0 unspecified atom stereocenters. The minimum absolute atomic E-state index is 0.680. The molecule has 0 amide bonds. The fourth-order valence-electron chi connectivity index (χ4n) is 1.00. The van der Waals surface area contributed by atoms with Crippen LogP contribution in [0.2, 0.25) is 0 Å². The number of benzene rings is 1. The minimum atomic E-state index is 0.680. The minimum Gasteiger partial charge on any atom is -0.397 e. The van der Waals surface area contributed by atoms with E-state index in [1.165, 1.54) is 5.01 Å². The molecule has 66 valence electrons. The zero-order valence-electron chi connectivity index (χ0n) is 7.33. The molecule has 4 heteroatoms. The molecule has 0 saturated carbocycles. The van der Waals surface area contributed by atoms with Crippen molar-refractivity contribution in [3.8, 4) is 0 Å². The Hall–Kier alpha value is -1.42. The maximum atomic E-state index is 5.70. The van der Waals surface area contributed by atoms with Crippen LogP contribution in [0, 0.1) is 0 Å². The molecule has 0 aliphatic rings. The van der Waals surface area contributed by atoms with Crippen molar-refractivity contribution in [2.45, 2.75) is 0 Å². The Balaban J connectivity index is 3.08. The van der Waals surface area contributed by atoms with E-state index in [1.807, 2.05) is 25.2 Å². The molecule has 4 nitrogen and oxygen atoms in total. The van der Waals surface area contributed by atoms with Gasteiger partial charge in [-0.2, -0.15) is 0 Å². The average Bonchev–Trinajstić information content (AvgIpc) is 2.05. The summed E-state index contributed by atoms with van der Waals surface area (Å²) in [5.41, 5.74) is 8.19. The van der Waals surface area contributed by atoms with Gasteiger partial charge >= 0.3 is 0 Å². The van der Waals surface area contributed by atoms with E-state index in [9.17, 15) is 0 Å². The predicted molar refractivity (Wildman–Crippen MR) is 53.0 cm³/mol. The smallest absolute Gasteiger partial charge is 0.0763 e. The molecule has 0 aliphatic carbocycles. The highest BCUT2D eigenvalue weighted by molar-refractivity contribution is 5.71. The SMILES string of the molecule is CNc1ccc(N)c(N(C)N)c1. The van der Waals surface area contributed by atoms with Crippen LogP contribution in [0.15, 0.2) is 18.2 Å². The van der Waals surface area contributed by atoms with Crippen molar-refractivity contribution in [2.24, 2.45) is 5.84 Å². The average molecular weight is 166 g/mol. The lowest BCUT2D eigenvalue weighted by Crippen LogP contribution is -2.26. The van der Waals surface area contributed by atoms with Gasteiger partial charge in [-0.15, -0.1) is 0 Å². The van der Waals surface area contributed by atoms with E-state index in [1.54, 1.807) is 7.05 Å². The Bertz CT molecular complexity index is 270.